The Labute approximate surface area is 142 Å². The summed E-state index contributed by atoms with van der Waals surface area (Å²) in [4.78, 5) is 26.6. The van der Waals surface area contributed by atoms with E-state index in [1.807, 2.05) is 0 Å². The molecule has 1 aromatic rings. The van der Waals surface area contributed by atoms with Gasteiger partial charge in [0.25, 0.3) is 5.69 Å². The lowest BCUT2D eigenvalue weighted by atomic mass is 10.2. The van der Waals surface area contributed by atoms with Gasteiger partial charge in [-0.3, -0.25) is 14.9 Å². The van der Waals surface area contributed by atoms with Gasteiger partial charge in [0.05, 0.1) is 19.9 Å². The Kier molecular flexibility index (Phi) is 3.58. The number of nitro benzene ring substituents is 1. The summed E-state index contributed by atoms with van der Waals surface area (Å²) in [6, 6.07) is 4.11. The molecule has 0 amide bonds. The van der Waals surface area contributed by atoms with Crippen molar-refractivity contribution in [3.63, 3.8) is 0 Å². The first-order valence-corrected chi connectivity index (χ1v) is 7.83. The van der Waals surface area contributed by atoms with Crippen molar-refractivity contribution in [1.29, 1.82) is 0 Å². The second-order valence-electron chi connectivity index (χ2n) is 4.07. The Morgan fingerprint density at radius 2 is 1.86 bits per heavy atom. The Morgan fingerprint density at radius 1 is 1.14 bits per heavy atom. The lowest BCUT2D eigenvalue weighted by Crippen LogP contribution is -2.08. The van der Waals surface area contributed by atoms with Gasteiger partial charge in [-0.15, -0.1) is 0 Å². The Hall–Kier alpha value is -1.32. The van der Waals surface area contributed by atoms with Gasteiger partial charge < -0.3 is 4.42 Å². The van der Waals surface area contributed by atoms with Crippen LogP contribution in [0.5, 0.6) is 0 Å². The molecule has 0 saturated carbocycles. The maximum absolute atomic E-state index is 12.0. The molecule has 1 aromatic carbocycles. The second-order valence-corrected chi connectivity index (χ2v) is 6.45. The van der Waals surface area contributed by atoms with Gasteiger partial charge in [-0.25, -0.2) is 4.98 Å². The van der Waals surface area contributed by atoms with E-state index in [1.165, 1.54) is 18.2 Å². The fraction of sp³-hybridized carbons (Fsp3) is 0. The fourth-order valence-electron chi connectivity index (χ4n) is 1.82. The number of non-ortho nitro benzene ring substituents is 1. The zero-order chi connectivity index (χ0) is 15.3. The molecule has 1 heterocycles. The number of nitrogens with zero attached hydrogens (tertiary/aromatic N) is 2. The molecule has 0 aromatic heterocycles. The minimum absolute atomic E-state index is 0.109. The first-order chi connectivity index (χ1) is 9.90. The average Bonchev–Trinajstić information content (AvgIpc) is 2.48. The maximum Gasteiger partial charge on any atom is 0.273 e. The number of hydrogen-bond donors (Lipinski definition) is 0. The highest BCUT2D eigenvalue weighted by molar-refractivity contribution is 9.13. The summed E-state index contributed by atoms with van der Waals surface area (Å²) in [6.45, 7) is 0. The van der Waals surface area contributed by atoms with Crippen LogP contribution < -0.4 is 5.43 Å². The number of hydrogen-bond acceptors (Lipinski definition) is 5. The molecule has 1 aliphatic carbocycles. The molecule has 0 atom stereocenters. The van der Waals surface area contributed by atoms with Crippen molar-refractivity contribution in [1.82, 2.24) is 4.98 Å². The maximum atomic E-state index is 12.0. The summed E-state index contributed by atoms with van der Waals surface area (Å²) >= 11 is 9.64. The molecule has 0 bridgehead atoms. The van der Waals surface area contributed by atoms with Crippen molar-refractivity contribution >= 4 is 64.6 Å². The van der Waals surface area contributed by atoms with Crippen LogP contribution in [0.3, 0.4) is 0 Å². The molecule has 1 aliphatic heterocycles. The minimum atomic E-state index is -0.523. The number of rotatable bonds is 1. The highest BCUT2D eigenvalue weighted by atomic mass is 79.9. The second kappa shape index (κ2) is 5.15. The van der Waals surface area contributed by atoms with E-state index in [1.54, 1.807) is 0 Å². The smallest absolute Gasteiger partial charge is 0.273 e. The van der Waals surface area contributed by atoms with Crippen molar-refractivity contribution in [3.05, 3.63) is 52.0 Å². The molecule has 6 nitrogen and oxygen atoms in total. The SMILES string of the molecule is O=c1c(Br)c2oc3cc([N+](=O)[O-])ccc3nc-2c(Br)c1Br. The van der Waals surface area contributed by atoms with E-state index >= 15 is 0 Å². The van der Waals surface area contributed by atoms with Gasteiger partial charge >= 0.3 is 0 Å². The summed E-state index contributed by atoms with van der Waals surface area (Å²) in [7, 11) is 0. The van der Waals surface area contributed by atoms with Gasteiger partial charge in [0.2, 0.25) is 5.43 Å². The summed E-state index contributed by atoms with van der Waals surface area (Å²) < 4.78 is 6.61. The predicted octanol–water partition coefficient (Wildman–Crippen LogP) is 4.49. The molecule has 0 unspecified atom stereocenters. The normalized spacial score (nSPS) is 11.2. The molecule has 2 aliphatic rings. The third kappa shape index (κ3) is 2.29. The van der Waals surface area contributed by atoms with Crippen molar-refractivity contribution < 1.29 is 9.34 Å². The zero-order valence-electron chi connectivity index (χ0n) is 9.89. The minimum Gasteiger partial charge on any atom is -0.451 e. The van der Waals surface area contributed by atoms with Crippen LogP contribution in [0.4, 0.5) is 5.69 Å². The van der Waals surface area contributed by atoms with E-state index in [2.05, 4.69) is 52.8 Å². The van der Waals surface area contributed by atoms with Gasteiger partial charge in [0.1, 0.15) is 15.7 Å². The molecular formula is C12H3Br3N2O4. The van der Waals surface area contributed by atoms with E-state index in [0.29, 0.717) is 20.2 Å². The van der Waals surface area contributed by atoms with E-state index in [-0.39, 0.29) is 26.9 Å². The molecule has 0 fully saturated rings. The van der Waals surface area contributed by atoms with Gasteiger partial charge in [-0.1, -0.05) is 0 Å². The Balaban J connectivity index is 2.47. The third-order valence-electron chi connectivity index (χ3n) is 2.81. The zero-order valence-corrected chi connectivity index (χ0v) is 14.7. The standard InChI is InChI=1S/C12H3Br3N2O4/c13-7-8(14)11(18)9(15)12-10(7)16-5-2-1-4(17(19)20)3-6(5)21-12/h1-3H. The Bertz CT molecular complexity index is 938. The lowest BCUT2D eigenvalue weighted by molar-refractivity contribution is -0.384. The van der Waals surface area contributed by atoms with Crippen LogP contribution in [-0.2, 0) is 0 Å². The van der Waals surface area contributed by atoms with Crippen LogP contribution >= 0.6 is 47.8 Å². The van der Waals surface area contributed by atoms with E-state index in [0.717, 1.165) is 0 Å². The molecule has 0 N–H and O–H groups in total. The number of benzene rings is 2. The highest BCUT2D eigenvalue weighted by Gasteiger charge is 2.23. The number of fused-ring (bicyclic) bond motifs is 2. The molecule has 9 heteroatoms. The van der Waals surface area contributed by atoms with Gasteiger partial charge in [-0.05, 0) is 53.9 Å². The summed E-state index contributed by atoms with van der Waals surface area (Å²) in [6.07, 6.45) is 0. The van der Waals surface area contributed by atoms with Crippen LogP contribution in [0, 0.1) is 10.1 Å². The molecule has 3 rings (SSSR count). The quantitative estimate of drug-likeness (QED) is 0.223. The molecular weight excluding hydrogens is 476 g/mol. The van der Waals surface area contributed by atoms with Crippen LogP contribution in [0.25, 0.3) is 22.6 Å². The fourth-order valence-corrected chi connectivity index (χ4v) is 3.39. The predicted molar refractivity (Wildman–Crippen MR) is 86.7 cm³/mol. The molecule has 106 valence electrons. The third-order valence-corrected chi connectivity index (χ3v) is 5.59. The van der Waals surface area contributed by atoms with Crippen LogP contribution in [0.2, 0.25) is 0 Å². The average molecular weight is 479 g/mol. The topological polar surface area (TPSA) is 86.2 Å². The van der Waals surface area contributed by atoms with Crippen LogP contribution in [0.1, 0.15) is 0 Å². The van der Waals surface area contributed by atoms with Crippen LogP contribution in [0.15, 0.2) is 40.8 Å². The number of nitro groups is 1. The van der Waals surface area contributed by atoms with Crippen molar-refractivity contribution in [2.45, 2.75) is 0 Å². The van der Waals surface area contributed by atoms with Crippen LogP contribution in [-0.4, -0.2) is 9.91 Å². The highest BCUT2D eigenvalue weighted by Crippen LogP contribution is 2.38. The molecule has 21 heavy (non-hydrogen) atoms. The number of halogens is 3. The van der Waals surface area contributed by atoms with Gasteiger partial charge in [0.15, 0.2) is 11.3 Å². The monoisotopic (exact) mass is 476 g/mol. The lowest BCUT2D eigenvalue weighted by Gasteiger charge is -2.10. The first-order valence-electron chi connectivity index (χ1n) is 5.45. The van der Waals surface area contributed by atoms with E-state index in [4.69, 9.17) is 4.42 Å². The van der Waals surface area contributed by atoms with Crippen molar-refractivity contribution in [3.8, 4) is 11.5 Å². The van der Waals surface area contributed by atoms with Crippen molar-refractivity contribution in [2.24, 2.45) is 0 Å². The Morgan fingerprint density at radius 3 is 2.52 bits per heavy atom. The summed E-state index contributed by atoms with van der Waals surface area (Å²) in [5.41, 5.74) is 0.707. The largest absolute Gasteiger partial charge is 0.451 e. The molecule has 0 saturated heterocycles. The van der Waals surface area contributed by atoms with Gasteiger partial charge in [0, 0.05) is 6.07 Å². The number of aromatic nitrogens is 1. The molecule has 0 spiro atoms. The molecule has 0 radical (unpaired) electrons. The summed E-state index contributed by atoms with van der Waals surface area (Å²) in [5.74, 6) is 0.225. The van der Waals surface area contributed by atoms with E-state index in [9.17, 15) is 14.9 Å². The van der Waals surface area contributed by atoms with Crippen molar-refractivity contribution in [2.75, 3.05) is 0 Å². The first kappa shape index (κ1) is 14.6. The summed E-state index contributed by atoms with van der Waals surface area (Å²) in [5, 5.41) is 10.8. The van der Waals surface area contributed by atoms with E-state index < -0.39 is 4.92 Å². The van der Waals surface area contributed by atoms with Gasteiger partial charge in [-0.2, -0.15) is 0 Å².